The van der Waals surface area contributed by atoms with E-state index >= 15 is 0 Å². The Kier molecular flexibility index (Phi) is 7.49. The van der Waals surface area contributed by atoms with Crippen LogP contribution in [0.5, 0.6) is 0 Å². The van der Waals surface area contributed by atoms with Gasteiger partial charge in [-0.05, 0) is 63.9 Å². The Balaban J connectivity index is 1.36. The predicted octanol–water partition coefficient (Wildman–Crippen LogP) is 3.88. The number of halogens is 1. The summed E-state index contributed by atoms with van der Waals surface area (Å²) < 4.78 is 21.0. The molecule has 0 N–H and O–H groups in total. The Morgan fingerprint density at radius 2 is 1.56 bits per heavy atom. The number of anilines is 1. The second-order valence-corrected chi connectivity index (χ2v) is 10.9. The highest BCUT2D eigenvalue weighted by Gasteiger charge is 2.34. The first-order chi connectivity index (χ1) is 18.7. The fourth-order valence-electron chi connectivity index (χ4n) is 5.10. The molecule has 3 aromatic rings. The van der Waals surface area contributed by atoms with E-state index < -0.39 is 5.60 Å². The highest BCUT2D eigenvalue weighted by Crippen LogP contribution is 2.33. The van der Waals surface area contributed by atoms with Crippen molar-refractivity contribution < 1.29 is 18.7 Å². The van der Waals surface area contributed by atoms with Crippen LogP contribution in [0.15, 0.2) is 48.9 Å². The maximum Gasteiger partial charge on any atom is 0.410 e. The second kappa shape index (κ2) is 11.0. The molecule has 0 aliphatic carbocycles. The maximum atomic E-state index is 13.8. The second-order valence-electron chi connectivity index (χ2n) is 10.9. The number of ether oxygens (including phenoxy) is 1. The van der Waals surface area contributed by atoms with Crippen molar-refractivity contribution in [1.29, 1.82) is 0 Å². The van der Waals surface area contributed by atoms with E-state index in [2.05, 4.69) is 20.0 Å². The van der Waals surface area contributed by atoms with Gasteiger partial charge in [0.25, 0.3) is 5.91 Å². The zero-order chi connectivity index (χ0) is 27.6. The van der Waals surface area contributed by atoms with E-state index in [-0.39, 0.29) is 23.7 Å². The Morgan fingerprint density at radius 3 is 2.18 bits per heavy atom. The van der Waals surface area contributed by atoms with Crippen LogP contribution in [0.1, 0.15) is 55.6 Å². The number of nitrogens with zero attached hydrogens (tertiary/aromatic N) is 7. The molecule has 11 heteroatoms. The van der Waals surface area contributed by atoms with E-state index in [1.807, 2.05) is 25.7 Å². The predicted molar refractivity (Wildman–Crippen MR) is 143 cm³/mol. The molecular weight excluding hydrogens is 501 g/mol. The quantitative estimate of drug-likeness (QED) is 0.500. The molecule has 0 spiro atoms. The number of aromatic nitrogens is 4. The topological polar surface area (TPSA) is 96.7 Å². The van der Waals surface area contributed by atoms with Crippen molar-refractivity contribution in [2.24, 2.45) is 0 Å². The van der Waals surface area contributed by atoms with Crippen molar-refractivity contribution >= 4 is 17.9 Å². The molecule has 10 nitrogen and oxygen atoms in total. The van der Waals surface area contributed by atoms with Gasteiger partial charge in [-0.25, -0.2) is 23.8 Å². The van der Waals surface area contributed by atoms with Gasteiger partial charge in [0.2, 0.25) is 5.95 Å². The SMILES string of the molecule is CC(C)(C)OC(=O)N1CCC(c2c(C(=O)N3CCN(c4ncccn4)CC3)cnn2-c2ccc(F)cc2)CC1. The first kappa shape index (κ1) is 26.6. The minimum Gasteiger partial charge on any atom is -0.444 e. The number of carbonyl (C=O) groups excluding carboxylic acids is 2. The number of amides is 2. The third-order valence-corrected chi connectivity index (χ3v) is 7.04. The number of benzene rings is 1. The molecular formula is C28H34FN7O3. The standard InChI is InChI=1S/C28H34FN7O3/c1-28(2,3)39-27(38)35-13-9-20(10-14-35)24-23(19-32-36(24)22-7-5-21(29)6-8-22)25(37)33-15-17-34(18-16-33)26-30-11-4-12-31-26/h4-8,11-12,19-20H,9-10,13-18H2,1-3H3. The number of piperazine rings is 1. The molecule has 0 atom stereocenters. The molecule has 206 valence electrons. The Bertz CT molecular complexity index is 1290. The van der Waals surface area contributed by atoms with Crippen LogP contribution in [-0.4, -0.2) is 86.4 Å². The number of hydrogen-bond acceptors (Lipinski definition) is 7. The van der Waals surface area contributed by atoms with Crippen LogP contribution in [0.2, 0.25) is 0 Å². The summed E-state index contributed by atoms with van der Waals surface area (Å²) in [4.78, 5) is 40.7. The molecule has 2 saturated heterocycles. The maximum absolute atomic E-state index is 13.8. The van der Waals surface area contributed by atoms with Gasteiger partial charge in [0.1, 0.15) is 11.4 Å². The van der Waals surface area contributed by atoms with Gasteiger partial charge in [-0.1, -0.05) is 0 Å². The van der Waals surface area contributed by atoms with Gasteiger partial charge < -0.3 is 19.4 Å². The van der Waals surface area contributed by atoms with Crippen LogP contribution >= 0.6 is 0 Å². The van der Waals surface area contributed by atoms with Crippen molar-refractivity contribution in [1.82, 2.24) is 29.5 Å². The molecule has 2 aliphatic rings. The first-order valence-corrected chi connectivity index (χ1v) is 13.3. The lowest BCUT2D eigenvalue weighted by molar-refractivity contribution is 0.0203. The minimum atomic E-state index is -0.564. The molecule has 39 heavy (non-hydrogen) atoms. The first-order valence-electron chi connectivity index (χ1n) is 13.3. The zero-order valence-corrected chi connectivity index (χ0v) is 22.6. The summed E-state index contributed by atoms with van der Waals surface area (Å²) in [7, 11) is 0. The molecule has 0 saturated carbocycles. The zero-order valence-electron chi connectivity index (χ0n) is 22.6. The normalized spacial score (nSPS) is 16.9. The summed E-state index contributed by atoms with van der Waals surface area (Å²) in [6, 6.07) is 7.88. The summed E-state index contributed by atoms with van der Waals surface area (Å²) in [6.45, 7) is 8.91. The van der Waals surface area contributed by atoms with Crippen molar-refractivity contribution in [2.45, 2.75) is 45.1 Å². The molecule has 2 aromatic heterocycles. The fraction of sp³-hybridized carbons (Fsp3) is 0.464. The lowest BCUT2D eigenvalue weighted by atomic mass is 9.90. The lowest BCUT2D eigenvalue weighted by Crippen LogP contribution is -2.49. The summed E-state index contributed by atoms with van der Waals surface area (Å²) in [5.74, 6) is 0.233. The average Bonchev–Trinajstić information content (AvgIpc) is 3.38. The fourth-order valence-corrected chi connectivity index (χ4v) is 5.10. The minimum absolute atomic E-state index is 0.00537. The number of piperidine rings is 1. The van der Waals surface area contributed by atoms with Crippen molar-refractivity contribution in [2.75, 3.05) is 44.2 Å². The summed E-state index contributed by atoms with van der Waals surface area (Å²) in [5.41, 5.74) is 1.46. The molecule has 1 aromatic carbocycles. The van der Waals surface area contributed by atoms with E-state index in [4.69, 9.17) is 4.74 Å². The van der Waals surface area contributed by atoms with Crippen LogP contribution in [0.3, 0.4) is 0 Å². The van der Waals surface area contributed by atoms with Gasteiger partial charge in [0, 0.05) is 57.6 Å². The smallest absolute Gasteiger partial charge is 0.410 e. The molecule has 2 amide bonds. The third kappa shape index (κ3) is 6.02. The molecule has 5 rings (SSSR count). The number of carbonyl (C=O) groups is 2. The number of likely N-dealkylation sites (tertiary alicyclic amines) is 1. The Labute approximate surface area is 227 Å². The summed E-state index contributed by atoms with van der Waals surface area (Å²) in [5, 5.41) is 4.58. The van der Waals surface area contributed by atoms with Crippen LogP contribution in [0.25, 0.3) is 5.69 Å². The van der Waals surface area contributed by atoms with Crippen molar-refractivity contribution in [3.8, 4) is 5.69 Å². The van der Waals surface area contributed by atoms with Crippen LogP contribution in [0, 0.1) is 5.82 Å². The van der Waals surface area contributed by atoms with Gasteiger partial charge in [-0.15, -0.1) is 0 Å². The highest BCUT2D eigenvalue weighted by molar-refractivity contribution is 5.95. The largest absolute Gasteiger partial charge is 0.444 e. The van der Waals surface area contributed by atoms with Crippen molar-refractivity contribution in [3.63, 3.8) is 0 Å². The third-order valence-electron chi connectivity index (χ3n) is 7.04. The van der Waals surface area contributed by atoms with E-state index in [9.17, 15) is 14.0 Å². The van der Waals surface area contributed by atoms with Crippen molar-refractivity contribution in [3.05, 3.63) is 66.0 Å². The lowest BCUT2D eigenvalue weighted by Gasteiger charge is -2.36. The van der Waals surface area contributed by atoms with Crippen LogP contribution < -0.4 is 4.90 Å². The van der Waals surface area contributed by atoms with Gasteiger partial charge in [-0.2, -0.15) is 5.10 Å². The Hall–Kier alpha value is -4.02. The highest BCUT2D eigenvalue weighted by atomic mass is 19.1. The van der Waals surface area contributed by atoms with Gasteiger partial charge in [0.15, 0.2) is 0 Å². The van der Waals surface area contributed by atoms with Crippen LogP contribution in [-0.2, 0) is 4.74 Å². The van der Waals surface area contributed by atoms with E-state index in [1.165, 1.54) is 12.1 Å². The molecule has 0 bridgehead atoms. The molecule has 0 unspecified atom stereocenters. The number of hydrogen-bond donors (Lipinski definition) is 0. The van der Waals surface area contributed by atoms with E-state index in [0.717, 1.165) is 5.69 Å². The monoisotopic (exact) mass is 535 g/mol. The summed E-state index contributed by atoms with van der Waals surface area (Å²) in [6.07, 6.45) is 6.03. The number of rotatable bonds is 4. The molecule has 0 radical (unpaired) electrons. The van der Waals surface area contributed by atoms with Gasteiger partial charge in [0.05, 0.1) is 23.1 Å². The molecule has 2 aliphatic heterocycles. The average molecular weight is 536 g/mol. The molecule has 4 heterocycles. The van der Waals surface area contributed by atoms with Gasteiger partial charge >= 0.3 is 6.09 Å². The van der Waals surface area contributed by atoms with E-state index in [0.29, 0.717) is 69.3 Å². The molecule has 2 fully saturated rings. The summed E-state index contributed by atoms with van der Waals surface area (Å²) >= 11 is 0. The Morgan fingerprint density at radius 1 is 0.923 bits per heavy atom. The van der Waals surface area contributed by atoms with Gasteiger partial charge in [-0.3, -0.25) is 4.79 Å². The van der Waals surface area contributed by atoms with Crippen LogP contribution in [0.4, 0.5) is 15.1 Å². The van der Waals surface area contributed by atoms with E-state index in [1.54, 1.807) is 46.4 Å².